The first-order valence-corrected chi connectivity index (χ1v) is 13.3. The van der Waals surface area contributed by atoms with Crippen molar-refractivity contribution in [3.8, 4) is 0 Å². The topological polar surface area (TPSA) is 136 Å². The van der Waals surface area contributed by atoms with E-state index in [0.717, 1.165) is 12.8 Å². The summed E-state index contributed by atoms with van der Waals surface area (Å²) in [6, 6.07) is 8.13. The molecule has 0 spiro atoms. The number of likely N-dealkylation sites (tertiary alicyclic amines) is 1. The minimum atomic E-state index is -0.863. The van der Waals surface area contributed by atoms with E-state index in [-0.39, 0.29) is 42.1 Å². The number of hydrogen-bond acceptors (Lipinski definition) is 8. The zero-order chi connectivity index (χ0) is 27.3. The van der Waals surface area contributed by atoms with Crippen molar-refractivity contribution in [2.45, 2.75) is 43.6 Å². The molecule has 2 amide bonds. The predicted molar refractivity (Wildman–Crippen MR) is 146 cm³/mol. The number of aliphatic imine (C=N–C) groups is 1. The molecule has 202 valence electrons. The maximum absolute atomic E-state index is 13.2. The van der Waals surface area contributed by atoms with Crippen LogP contribution in [0.2, 0.25) is 5.02 Å². The van der Waals surface area contributed by atoms with Crippen LogP contribution in [0.25, 0.3) is 0 Å². The van der Waals surface area contributed by atoms with E-state index >= 15 is 0 Å². The van der Waals surface area contributed by atoms with E-state index in [2.05, 4.69) is 15.6 Å². The summed E-state index contributed by atoms with van der Waals surface area (Å²) in [5.41, 5.74) is 0.867. The van der Waals surface area contributed by atoms with Crippen molar-refractivity contribution in [1.29, 1.82) is 0 Å². The van der Waals surface area contributed by atoms with E-state index in [1.165, 1.54) is 11.1 Å². The Morgan fingerprint density at radius 1 is 1.26 bits per heavy atom. The molecule has 2 aromatic rings. The van der Waals surface area contributed by atoms with E-state index in [4.69, 9.17) is 21.3 Å². The predicted octanol–water partition coefficient (Wildman–Crippen LogP) is 2.07. The molecule has 3 aliphatic heterocycles. The molecular formula is C28H28ClN5O5. The molecule has 0 saturated carbocycles. The van der Waals surface area contributed by atoms with E-state index in [1.807, 2.05) is 6.92 Å². The van der Waals surface area contributed by atoms with Gasteiger partial charge in [0.1, 0.15) is 11.4 Å². The summed E-state index contributed by atoms with van der Waals surface area (Å²) >= 11 is 6.05. The molecule has 39 heavy (non-hydrogen) atoms. The second kappa shape index (κ2) is 9.78. The van der Waals surface area contributed by atoms with Crippen molar-refractivity contribution < 1.29 is 19.4 Å². The van der Waals surface area contributed by atoms with Crippen LogP contribution in [0.5, 0.6) is 0 Å². The highest BCUT2D eigenvalue weighted by Crippen LogP contribution is 2.38. The average Bonchev–Trinajstić information content (AvgIpc) is 3.60. The van der Waals surface area contributed by atoms with Gasteiger partial charge in [0.2, 0.25) is 0 Å². The lowest BCUT2D eigenvalue weighted by molar-refractivity contribution is -0.138. The zero-order valence-electron chi connectivity index (χ0n) is 21.2. The van der Waals surface area contributed by atoms with Crippen molar-refractivity contribution in [2.24, 2.45) is 4.99 Å². The summed E-state index contributed by atoms with van der Waals surface area (Å²) < 4.78 is 5.63. The molecule has 6 rings (SSSR count). The Bertz CT molecular complexity index is 1510. The number of amides is 2. The van der Waals surface area contributed by atoms with Crippen LogP contribution in [-0.4, -0.2) is 70.0 Å². The third kappa shape index (κ3) is 4.58. The summed E-state index contributed by atoms with van der Waals surface area (Å²) in [5, 5.41) is 17.6. The lowest BCUT2D eigenvalue weighted by Gasteiger charge is -2.29. The molecule has 0 radical (unpaired) electrons. The Morgan fingerprint density at radius 3 is 2.85 bits per heavy atom. The summed E-state index contributed by atoms with van der Waals surface area (Å²) in [5.74, 6) is -0.358. The number of aliphatic hydroxyl groups is 1. The van der Waals surface area contributed by atoms with Gasteiger partial charge in [-0.25, -0.2) is 0 Å². The van der Waals surface area contributed by atoms with Crippen LogP contribution >= 0.6 is 11.6 Å². The van der Waals surface area contributed by atoms with Gasteiger partial charge >= 0.3 is 0 Å². The molecule has 4 heterocycles. The quantitative estimate of drug-likeness (QED) is 0.388. The first-order valence-electron chi connectivity index (χ1n) is 12.9. The zero-order valence-corrected chi connectivity index (χ0v) is 22.0. The van der Waals surface area contributed by atoms with Crippen molar-refractivity contribution in [3.05, 3.63) is 86.3 Å². The van der Waals surface area contributed by atoms with Crippen LogP contribution in [0.15, 0.2) is 69.6 Å². The third-order valence-electron chi connectivity index (χ3n) is 7.61. The number of aromatic amines is 1. The number of aliphatic hydroxyl groups excluding tert-OH is 1. The first-order chi connectivity index (χ1) is 18.7. The number of amidine groups is 1. The highest BCUT2D eigenvalue weighted by molar-refractivity contribution is 6.30. The lowest BCUT2D eigenvalue weighted by Crippen LogP contribution is -2.48. The van der Waals surface area contributed by atoms with Gasteiger partial charge in [-0.1, -0.05) is 23.7 Å². The summed E-state index contributed by atoms with van der Waals surface area (Å²) in [7, 11) is 0. The Kier molecular flexibility index (Phi) is 6.41. The molecule has 2 unspecified atom stereocenters. The number of aromatic nitrogens is 1. The number of ether oxygens (including phenoxy) is 1. The van der Waals surface area contributed by atoms with Gasteiger partial charge in [0.25, 0.3) is 17.4 Å². The largest absolute Gasteiger partial charge is 0.387 e. The van der Waals surface area contributed by atoms with E-state index < -0.39 is 17.7 Å². The second-order valence-electron chi connectivity index (χ2n) is 10.4. The average molecular weight is 550 g/mol. The van der Waals surface area contributed by atoms with E-state index in [0.29, 0.717) is 39.9 Å². The van der Waals surface area contributed by atoms with Gasteiger partial charge in [0.15, 0.2) is 0 Å². The minimum Gasteiger partial charge on any atom is -0.387 e. The highest BCUT2D eigenvalue weighted by Gasteiger charge is 2.49. The molecule has 0 bridgehead atoms. The number of rotatable bonds is 7. The number of halogens is 1. The third-order valence-corrected chi connectivity index (χ3v) is 7.84. The SMILES string of the molecule is CC12C=C3C(=O)N(C[C@@H]4CCCO4)C(=O)C3=CC1N=C(c1c(NC[C@@H](O)c3cccc(Cl)c3)cc[nH]c1=O)N2. The van der Waals surface area contributed by atoms with Crippen LogP contribution < -0.4 is 16.2 Å². The number of nitrogens with zero attached hydrogens (tertiary/aromatic N) is 2. The van der Waals surface area contributed by atoms with Gasteiger partial charge in [-0.15, -0.1) is 0 Å². The summed E-state index contributed by atoms with van der Waals surface area (Å²) in [6.45, 7) is 2.89. The fourth-order valence-electron chi connectivity index (χ4n) is 5.52. The number of H-pyrrole nitrogens is 1. The van der Waals surface area contributed by atoms with Crippen LogP contribution in [0.3, 0.4) is 0 Å². The smallest absolute Gasteiger partial charge is 0.261 e. The number of pyridine rings is 1. The number of imide groups is 1. The van der Waals surface area contributed by atoms with E-state index in [9.17, 15) is 19.5 Å². The minimum absolute atomic E-state index is 0.127. The first kappa shape index (κ1) is 25.5. The highest BCUT2D eigenvalue weighted by atomic mass is 35.5. The number of carbonyl (C=O) groups excluding carboxylic acids is 2. The number of nitrogens with one attached hydrogen (secondary N) is 3. The maximum atomic E-state index is 13.2. The molecule has 1 aliphatic carbocycles. The normalized spacial score (nSPS) is 26.4. The number of carbonyl (C=O) groups is 2. The van der Waals surface area contributed by atoms with Gasteiger partial charge in [0, 0.05) is 24.4 Å². The number of hydrogen-bond donors (Lipinski definition) is 4. The Labute approximate surface area is 229 Å². The molecule has 2 fully saturated rings. The molecule has 4 N–H and O–H groups in total. The Balaban J connectivity index is 1.25. The van der Waals surface area contributed by atoms with Crippen molar-refractivity contribution in [2.75, 3.05) is 25.0 Å². The van der Waals surface area contributed by atoms with Gasteiger partial charge in [0.05, 0.1) is 47.2 Å². The molecule has 1 aromatic heterocycles. The molecular weight excluding hydrogens is 522 g/mol. The lowest BCUT2D eigenvalue weighted by atomic mass is 9.83. The van der Waals surface area contributed by atoms with Crippen LogP contribution in [-0.2, 0) is 14.3 Å². The van der Waals surface area contributed by atoms with Crippen molar-refractivity contribution in [1.82, 2.24) is 15.2 Å². The second-order valence-corrected chi connectivity index (χ2v) is 10.8. The monoisotopic (exact) mass is 549 g/mol. The summed E-state index contributed by atoms with van der Waals surface area (Å²) in [4.78, 5) is 48.0. The molecule has 10 nitrogen and oxygen atoms in total. The Morgan fingerprint density at radius 2 is 2.08 bits per heavy atom. The molecule has 2 saturated heterocycles. The van der Waals surface area contributed by atoms with Crippen molar-refractivity contribution >= 4 is 34.9 Å². The van der Waals surface area contributed by atoms with Crippen LogP contribution in [0, 0.1) is 0 Å². The standard InChI is InChI=1S/C28H28ClN5O5/c1-28-12-19-18(26(37)34(27(19)38)14-17-6-3-9-39-17)11-22(28)32-24(33-28)23-20(7-8-30-25(23)36)31-13-21(35)15-4-2-5-16(29)10-15/h2,4-5,7-8,10-12,17,21-22,35H,3,6,9,13-14H2,1H3,(H,32,33)(H2,30,31,36)/t17-,21+,22?,28?/m0/s1. The van der Waals surface area contributed by atoms with E-state index in [1.54, 1.807) is 42.5 Å². The molecule has 1 aromatic carbocycles. The van der Waals surface area contributed by atoms with Crippen molar-refractivity contribution in [3.63, 3.8) is 0 Å². The van der Waals surface area contributed by atoms with Crippen LogP contribution in [0.4, 0.5) is 5.69 Å². The van der Waals surface area contributed by atoms with Gasteiger partial charge in [-0.2, -0.15) is 0 Å². The molecule has 4 aliphatic rings. The fraction of sp³-hybridized carbons (Fsp3) is 0.357. The number of anilines is 1. The summed E-state index contributed by atoms with van der Waals surface area (Å²) in [6.07, 6.45) is 5.71. The van der Waals surface area contributed by atoms with Gasteiger partial charge in [-0.3, -0.25) is 24.3 Å². The number of fused-ring (bicyclic) bond motifs is 2. The van der Waals surface area contributed by atoms with Gasteiger partial charge in [-0.05, 0) is 55.7 Å². The molecule has 4 atom stereocenters. The molecule has 11 heteroatoms. The Hall–Kier alpha value is -3.73. The maximum Gasteiger partial charge on any atom is 0.261 e. The fourth-order valence-corrected chi connectivity index (χ4v) is 5.72. The van der Waals surface area contributed by atoms with Crippen LogP contribution in [0.1, 0.15) is 37.0 Å². The number of benzene rings is 1. The van der Waals surface area contributed by atoms with Gasteiger partial charge < -0.3 is 25.5 Å².